The zero-order chi connectivity index (χ0) is 15.5. The zero-order valence-electron chi connectivity index (χ0n) is 12.7. The Morgan fingerprint density at radius 2 is 1.95 bits per heavy atom. The van der Waals surface area contributed by atoms with Crippen LogP contribution in [0.15, 0.2) is 16.6 Å². The van der Waals surface area contributed by atoms with E-state index in [1.165, 1.54) is 25.7 Å². The number of hydrogen-bond acceptors (Lipinski definition) is 4. The number of aromatic hydroxyl groups is 1. The molecule has 118 valence electrons. The molecule has 1 atom stereocenters. The highest BCUT2D eigenvalue weighted by atomic mass is 79.9. The van der Waals surface area contributed by atoms with Crippen molar-refractivity contribution in [3.8, 4) is 11.8 Å². The summed E-state index contributed by atoms with van der Waals surface area (Å²) in [6, 6.07) is 6.01. The van der Waals surface area contributed by atoms with Gasteiger partial charge in [-0.15, -0.1) is 0 Å². The van der Waals surface area contributed by atoms with Gasteiger partial charge in [0.15, 0.2) is 0 Å². The minimum atomic E-state index is 0.217. The first-order valence-corrected chi connectivity index (χ1v) is 8.87. The van der Waals surface area contributed by atoms with Crippen LogP contribution in [0.5, 0.6) is 5.75 Å². The molecule has 2 fully saturated rings. The first-order valence-electron chi connectivity index (χ1n) is 8.08. The van der Waals surface area contributed by atoms with Crippen LogP contribution in [-0.4, -0.2) is 36.2 Å². The van der Waals surface area contributed by atoms with E-state index in [4.69, 9.17) is 0 Å². The van der Waals surface area contributed by atoms with Gasteiger partial charge in [-0.3, -0.25) is 4.90 Å². The van der Waals surface area contributed by atoms with Crippen LogP contribution in [0.1, 0.15) is 42.9 Å². The molecule has 2 N–H and O–H groups in total. The van der Waals surface area contributed by atoms with E-state index >= 15 is 0 Å². The fraction of sp³-hybridized carbons (Fsp3) is 0.588. The molecule has 1 aliphatic carbocycles. The summed E-state index contributed by atoms with van der Waals surface area (Å²) in [6.07, 6.45) is 4.96. The lowest BCUT2D eigenvalue weighted by molar-refractivity contribution is 0.123. The number of halogens is 1. The predicted molar refractivity (Wildman–Crippen MR) is 89.7 cm³/mol. The van der Waals surface area contributed by atoms with E-state index in [0.29, 0.717) is 21.7 Å². The molecule has 0 unspecified atom stereocenters. The highest BCUT2D eigenvalue weighted by molar-refractivity contribution is 9.10. The van der Waals surface area contributed by atoms with Gasteiger partial charge in [0, 0.05) is 37.8 Å². The van der Waals surface area contributed by atoms with Crippen molar-refractivity contribution in [2.24, 2.45) is 5.92 Å². The Balaban J connectivity index is 2.01. The highest BCUT2D eigenvalue weighted by Gasteiger charge is 2.34. The fourth-order valence-corrected chi connectivity index (χ4v) is 4.37. The van der Waals surface area contributed by atoms with Crippen molar-refractivity contribution in [1.29, 1.82) is 5.26 Å². The largest absolute Gasteiger partial charge is 0.506 e. The lowest BCUT2D eigenvalue weighted by atomic mass is 9.88. The van der Waals surface area contributed by atoms with Gasteiger partial charge in [0.05, 0.1) is 16.1 Å². The van der Waals surface area contributed by atoms with Gasteiger partial charge in [-0.1, -0.05) is 12.8 Å². The Morgan fingerprint density at radius 1 is 1.27 bits per heavy atom. The van der Waals surface area contributed by atoms with Crippen molar-refractivity contribution in [3.05, 3.63) is 27.7 Å². The number of nitriles is 1. The molecule has 1 aliphatic heterocycles. The van der Waals surface area contributed by atoms with Crippen LogP contribution >= 0.6 is 15.9 Å². The maximum absolute atomic E-state index is 10.6. The molecule has 5 heteroatoms. The van der Waals surface area contributed by atoms with Crippen LogP contribution in [-0.2, 0) is 0 Å². The lowest BCUT2D eigenvalue weighted by Gasteiger charge is -2.39. The van der Waals surface area contributed by atoms with Crippen molar-refractivity contribution in [1.82, 2.24) is 10.2 Å². The highest BCUT2D eigenvalue weighted by Crippen LogP contribution is 2.44. The van der Waals surface area contributed by atoms with Gasteiger partial charge in [-0.05, 0) is 46.8 Å². The molecule has 1 aromatic rings. The molecule has 0 bridgehead atoms. The monoisotopic (exact) mass is 363 g/mol. The van der Waals surface area contributed by atoms with Crippen LogP contribution in [0, 0.1) is 17.2 Å². The second-order valence-electron chi connectivity index (χ2n) is 6.28. The number of benzene rings is 1. The molecule has 22 heavy (non-hydrogen) atoms. The van der Waals surface area contributed by atoms with Gasteiger partial charge in [0.2, 0.25) is 0 Å². The van der Waals surface area contributed by atoms with E-state index in [9.17, 15) is 10.4 Å². The van der Waals surface area contributed by atoms with Crippen LogP contribution in [0.3, 0.4) is 0 Å². The lowest BCUT2D eigenvalue weighted by Crippen LogP contribution is -2.46. The minimum Gasteiger partial charge on any atom is -0.506 e. The van der Waals surface area contributed by atoms with Crippen molar-refractivity contribution in [2.75, 3.05) is 26.2 Å². The summed E-state index contributed by atoms with van der Waals surface area (Å²) >= 11 is 3.41. The van der Waals surface area contributed by atoms with Crippen LogP contribution < -0.4 is 5.32 Å². The Bertz CT molecular complexity index is 572. The maximum atomic E-state index is 10.6. The van der Waals surface area contributed by atoms with E-state index in [2.05, 4.69) is 32.2 Å². The number of piperazine rings is 1. The van der Waals surface area contributed by atoms with E-state index in [0.717, 1.165) is 31.7 Å². The molecule has 0 radical (unpaired) electrons. The number of nitrogens with zero attached hydrogens (tertiary/aromatic N) is 2. The van der Waals surface area contributed by atoms with Gasteiger partial charge < -0.3 is 10.4 Å². The molecule has 1 saturated carbocycles. The molecule has 0 spiro atoms. The van der Waals surface area contributed by atoms with E-state index in [1.54, 1.807) is 6.07 Å². The fourth-order valence-electron chi connectivity index (χ4n) is 3.89. The predicted octanol–water partition coefficient (Wildman–Crippen LogP) is 3.16. The van der Waals surface area contributed by atoms with Crippen LogP contribution in [0.25, 0.3) is 0 Å². The number of nitrogens with one attached hydrogen (secondary N) is 1. The summed E-state index contributed by atoms with van der Waals surface area (Å²) in [5, 5.41) is 23.2. The summed E-state index contributed by atoms with van der Waals surface area (Å²) < 4.78 is 0.625. The molecule has 3 rings (SSSR count). The first kappa shape index (κ1) is 15.8. The Hall–Kier alpha value is -1.09. The zero-order valence-corrected chi connectivity index (χ0v) is 14.3. The number of hydrogen-bond donors (Lipinski definition) is 2. The number of phenolic OH excluding ortho intramolecular Hbond substituents is 1. The summed E-state index contributed by atoms with van der Waals surface area (Å²) in [4.78, 5) is 2.48. The van der Waals surface area contributed by atoms with Gasteiger partial charge in [-0.2, -0.15) is 5.26 Å². The Morgan fingerprint density at radius 3 is 2.59 bits per heavy atom. The Labute approximate surface area is 140 Å². The van der Waals surface area contributed by atoms with Gasteiger partial charge in [-0.25, -0.2) is 0 Å². The number of phenols is 1. The molecular weight excluding hydrogens is 342 g/mol. The average Bonchev–Trinajstić information content (AvgIpc) is 3.06. The second-order valence-corrected chi connectivity index (χ2v) is 7.14. The Kier molecular flexibility index (Phi) is 5.02. The first-order chi connectivity index (χ1) is 10.7. The van der Waals surface area contributed by atoms with Gasteiger partial charge in [0.25, 0.3) is 0 Å². The third-order valence-electron chi connectivity index (χ3n) is 4.93. The standard InChI is InChI=1S/C17H22BrN3O/c18-15-10-12(11-19)9-14(17(15)22)16(13-3-1-2-4-13)21-7-5-20-6-8-21/h9-10,13,16,20,22H,1-8H2/t16-/m1/s1. The molecule has 2 aliphatic rings. The quantitative estimate of drug-likeness (QED) is 0.865. The summed E-state index contributed by atoms with van der Waals surface area (Å²) in [6.45, 7) is 3.97. The van der Waals surface area contributed by atoms with Crippen LogP contribution in [0.2, 0.25) is 0 Å². The molecular formula is C17H22BrN3O. The molecule has 1 heterocycles. The van der Waals surface area contributed by atoms with Crippen molar-refractivity contribution < 1.29 is 5.11 Å². The minimum absolute atomic E-state index is 0.217. The summed E-state index contributed by atoms with van der Waals surface area (Å²) in [5.41, 5.74) is 1.53. The third-order valence-corrected chi connectivity index (χ3v) is 5.54. The SMILES string of the molecule is N#Cc1cc(Br)c(O)c([C@@H](C2CCCC2)N2CCNCC2)c1. The third kappa shape index (κ3) is 3.15. The van der Waals surface area contributed by atoms with Gasteiger partial charge >= 0.3 is 0 Å². The van der Waals surface area contributed by atoms with E-state index < -0.39 is 0 Å². The topological polar surface area (TPSA) is 59.3 Å². The number of rotatable bonds is 3. The smallest absolute Gasteiger partial charge is 0.134 e. The van der Waals surface area contributed by atoms with Crippen molar-refractivity contribution in [2.45, 2.75) is 31.7 Å². The van der Waals surface area contributed by atoms with Gasteiger partial charge in [0.1, 0.15) is 5.75 Å². The van der Waals surface area contributed by atoms with E-state index in [-0.39, 0.29) is 6.04 Å². The normalized spacial score (nSPS) is 21.6. The van der Waals surface area contributed by atoms with Crippen LogP contribution in [0.4, 0.5) is 0 Å². The average molecular weight is 364 g/mol. The maximum Gasteiger partial charge on any atom is 0.134 e. The molecule has 4 nitrogen and oxygen atoms in total. The van der Waals surface area contributed by atoms with Crippen molar-refractivity contribution in [3.63, 3.8) is 0 Å². The molecule has 1 saturated heterocycles. The second kappa shape index (κ2) is 6.99. The molecule has 0 aromatic heterocycles. The summed E-state index contributed by atoms with van der Waals surface area (Å²) in [7, 11) is 0. The molecule has 0 amide bonds. The van der Waals surface area contributed by atoms with E-state index in [1.807, 2.05) is 6.07 Å². The van der Waals surface area contributed by atoms with Crippen molar-refractivity contribution >= 4 is 15.9 Å². The molecule has 1 aromatic carbocycles. The summed E-state index contributed by atoms with van der Waals surface area (Å²) in [5.74, 6) is 0.874.